The lowest BCUT2D eigenvalue weighted by atomic mass is 10.1. The first-order valence-electron chi connectivity index (χ1n) is 14.2. The van der Waals surface area contributed by atoms with Crippen LogP contribution in [0.4, 0.5) is 5.69 Å². The van der Waals surface area contributed by atoms with E-state index in [-0.39, 0.29) is 22.0 Å². The van der Waals surface area contributed by atoms with Crippen LogP contribution in [0.25, 0.3) is 0 Å². The minimum atomic E-state index is -3.79. The zero-order valence-electron chi connectivity index (χ0n) is 23.4. The summed E-state index contributed by atoms with van der Waals surface area (Å²) >= 11 is 6.69. The molecule has 2 aliphatic rings. The number of piperazine rings is 1. The van der Waals surface area contributed by atoms with Crippen molar-refractivity contribution in [2.45, 2.75) is 75.9 Å². The number of benzene rings is 2. The van der Waals surface area contributed by atoms with Crippen LogP contribution in [0.1, 0.15) is 79.8 Å². The number of nitrogens with zero attached hydrogens (tertiary/aromatic N) is 2. The van der Waals surface area contributed by atoms with Gasteiger partial charge in [0.15, 0.2) is 9.84 Å². The monoisotopic (exact) mass is 576 g/mol. The Hall–Kier alpha value is -2.29. The van der Waals surface area contributed by atoms with E-state index in [0.29, 0.717) is 21.9 Å². The van der Waals surface area contributed by atoms with Crippen molar-refractivity contribution in [2.24, 2.45) is 0 Å². The lowest BCUT2D eigenvalue weighted by Crippen LogP contribution is -2.46. The van der Waals surface area contributed by atoms with Crippen LogP contribution < -0.4 is 9.64 Å². The topological polar surface area (TPSA) is 76.2 Å². The first-order chi connectivity index (χ1) is 18.7. The third-order valence-corrected chi connectivity index (χ3v) is 9.66. The van der Waals surface area contributed by atoms with E-state index in [4.69, 9.17) is 21.1 Å². The molecule has 2 aliphatic heterocycles. The normalized spacial score (nSPS) is 16.7. The number of methoxy groups -OCH3 is 1. The first-order valence-corrected chi connectivity index (χ1v) is 16.2. The molecule has 2 aromatic rings. The SMILES string of the molecule is CCCCCCCCCCN1CCN(c2cc(Cl)c3c(c2)CS(=O)(=O)c2cc(C(=O)OC)cc(C)c2O3)CC1. The van der Waals surface area contributed by atoms with Gasteiger partial charge in [-0.25, -0.2) is 13.2 Å². The molecule has 9 heteroatoms. The van der Waals surface area contributed by atoms with Gasteiger partial charge in [-0.2, -0.15) is 0 Å². The maximum absolute atomic E-state index is 13.4. The number of halogens is 1. The van der Waals surface area contributed by atoms with Gasteiger partial charge in [-0.3, -0.25) is 4.90 Å². The van der Waals surface area contributed by atoms with Gasteiger partial charge in [0.1, 0.15) is 16.4 Å². The molecule has 0 spiro atoms. The van der Waals surface area contributed by atoms with E-state index in [0.717, 1.165) is 38.4 Å². The van der Waals surface area contributed by atoms with Crippen LogP contribution in [0.2, 0.25) is 5.02 Å². The highest BCUT2D eigenvalue weighted by Crippen LogP contribution is 2.45. The lowest BCUT2D eigenvalue weighted by molar-refractivity contribution is 0.0600. The molecule has 2 aromatic carbocycles. The smallest absolute Gasteiger partial charge is 0.337 e. The fourth-order valence-electron chi connectivity index (χ4n) is 5.46. The molecule has 0 aromatic heterocycles. The molecule has 39 heavy (non-hydrogen) atoms. The second kappa shape index (κ2) is 13.4. The standard InChI is InChI=1S/C30H41ClN2O5S/c1-4-5-6-7-8-9-10-11-12-32-13-15-33(16-14-32)25-18-24-21-39(35,36)27-19-23(30(34)37-3)17-22(2)28(27)38-29(24)26(31)20-25/h17-20H,4-16,21H2,1-3H3. The molecule has 1 fully saturated rings. The molecule has 7 nitrogen and oxygen atoms in total. The summed E-state index contributed by atoms with van der Waals surface area (Å²) in [5.74, 6) is -0.305. The molecule has 0 N–H and O–H groups in total. The van der Waals surface area contributed by atoms with Crippen LogP contribution in [0.5, 0.6) is 11.5 Å². The quantitative estimate of drug-likeness (QED) is 0.216. The van der Waals surface area contributed by atoms with E-state index in [9.17, 15) is 13.2 Å². The van der Waals surface area contributed by atoms with Gasteiger partial charge in [-0.05, 0) is 49.7 Å². The molecule has 0 amide bonds. The minimum Gasteiger partial charge on any atom is -0.465 e. The van der Waals surface area contributed by atoms with E-state index in [1.807, 2.05) is 12.1 Å². The first kappa shape index (κ1) is 29.7. The van der Waals surface area contributed by atoms with Crippen molar-refractivity contribution in [3.8, 4) is 11.5 Å². The Balaban J connectivity index is 1.40. The van der Waals surface area contributed by atoms with Crippen LogP contribution >= 0.6 is 11.6 Å². The zero-order chi connectivity index (χ0) is 28.0. The average molecular weight is 577 g/mol. The number of rotatable bonds is 11. The number of esters is 1. The van der Waals surface area contributed by atoms with Crippen LogP contribution in [0.15, 0.2) is 29.2 Å². The van der Waals surface area contributed by atoms with Crippen molar-refractivity contribution in [1.29, 1.82) is 0 Å². The Morgan fingerprint density at radius 3 is 2.28 bits per heavy atom. The van der Waals surface area contributed by atoms with Gasteiger partial charge in [0.05, 0.1) is 23.4 Å². The number of hydrogen-bond acceptors (Lipinski definition) is 7. The summed E-state index contributed by atoms with van der Waals surface area (Å²) in [7, 11) is -2.53. The fraction of sp³-hybridized carbons (Fsp3) is 0.567. The van der Waals surface area contributed by atoms with Crippen LogP contribution in [-0.2, 0) is 20.3 Å². The van der Waals surface area contributed by atoms with Crippen molar-refractivity contribution in [1.82, 2.24) is 4.90 Å². The summed E-state index contributed by atoms with van der Waals surface area (Å²) in [4.78, 5) is 16.9. The van der Waals surface area contributed by atoms with Gasteiger partial charge in [0.2, 0.25) is 0 Å². The van der Waals surface area contributed by atoms with E-state index >= 15 is 0 Å². The Morgan fingerprint density at radius 2 is 1.62 bits per heavy atom. The van der Waals surface area contributed by atoms with Gasteiger partial charge in [-0.1, -0.05) is 63.5 Å². The van der Waals surface area contributed by atoms with Gasteiger partial charge in [-0.15, -0.1) is 0 Å². The molecule has 4 rings (SSSR count). The van der Waals surface area contributed by atoms with E-state index in [1.165, 1.54) is 64.5 Å². The largest absolute Gasteiger partial charge is 0.465 e. The maximum Gasteiger partial charge on any atom is 0.337 e. The van der Waals surface area contributed by atoms with Crippen molar-refractivity contribution in [2.75, 3.05) is 44.7 Å². The summed E-state index contributed by atoms with van der Waals surface area (Å²) in [6, 6.07) is 6.65. The second-order valence-electron chi connectivity index (χ2n) is 10.7. The highest BCUT2D eigenvalue weighted by atomic mass is 35.5. The van der Waals surface area contributed by atoms with Crippen LogP contribution in [0, 0.1) is 6.92 Å². The molecule has 0 atom stereocenters. The van der Waals surface area contributed by atoms with Gasteiger partial charge < -0.3 is 14.4 Å². The summed E-state index contributed by atoms with van der Waals surface area (Å²) in [5.41, 5.74) is 2.12. The van der Waals surface area contributed by atoms with Gasteiger partial charge in [0, 0.05) is 37.4 Å². The van der Waals surface area contributed by atoms with E-state index in [2.05, 4.69) is 16.7 Å². The number of hydrogen-bond donors (Lipinski definition) is 0. The number of carbonyl (C=O) groups excluding carboxylic acids is 1. The minimum absolute atomic E-state index is 0.0220. The second-order valence-corrected chi connectivity index (χ2v) is 13.1. The molecule has 0 radical (unpaired) electrons. The van der Waals surface area contributed by atoms with Crippen molar-refractivity contribution in [3.05, 3.63) is 46.0 Å². The number of unbranched alkanes of at least 4 members (excludes halogenated alkanes) is 7. The van der Waals surface area contributed by atoms with E-state index in [1.54, 1.807) is 13.0 Å². The van der Waals surface area contributed by atoms with Crippen LogP contribution in [-0.4, -0.2) is 59.1 Å². The van der Waals surface area contributed by atoms with Gasteiger partial charge in [0.25, 0.3) is 0 Å². The molecular formula is C30H41ClN2O5S. The molecule has 0 bridgehead atoms. The summed E-state index contributed by atoms with van der Waals surface area (Å²) < 4.78 is 37.8. The molecule has 0 unspecified atom stereocenters. The molecule has 214 valence electrons. The number of aryl methyl sites for hydroxylation is 1. The third-order valence-electron chi connectivity index (χ3n) is 7.72. The van der Waals surface area contributed by atoms with Gasteiger partial charge >= 0.3 is 5.97 Å². The number of sulfone groups is 1. The summed E-state index contributed by atoms with van der Waals surface area (Å²) in [6.07, 6.45) is 10.6. The fourth-order valence-corrected chi connectivity index (χ4v) is 7.30. The predicted octanol–water partition coefficient (Wildman–Crippen LogP) is 6.78. The lowest BCUT2D eigenvalue weighted by Gasteiger charge is -2.36. The Morgan fingerprint density at radius 1 is 0.949 bits per heavy atom. The number of anilines is 1. The molecule has 0 aliphatic carbocycles. The Kier molecular flexibility index (Phi) is 10.2. The summed E-state index contributed by atoms with van der Waals surface area (Å²) in [5, 5.41) is 0.378. The predicted molar refractivity (Wildman–Crippen MR) is 156 cm³/mol. The molecular weight excluding hydrogens is 536 g/mol. The Labute approximate surface area is 238 Å². The third kappa shape index (κ3) is 7.27. The van der Waals surface area contributed by atoms with E-state index < -0.39 is 15.8 Å². The highest BCUT2D eigenvalue weighted by molar-refractivity contribution is 7.90. The number of carbonyl (C=O) groups is 1. The number of ether oxygens (including phenoxy) is 2. The highest BCUT2D eigenvalue weighted by Gasteiger charge is 2.32. The molecule has 0 saturated carbocycles. The zero-order valence-corrected chi connectivity index (χ0v) is 25.0. The summed E-state index contributed by atoms with van der Waals surface area (Å²) in [6.45, 7) is 8.76. The van der Waals surface area contributed by atoms with Crippen molar-refractivity contribution in [3.63, 3.8) is 0 Å². The Bertz CT molecular complexity index is 1270. The maximum atomic E-state index is 13.4. The van der Waals surface area contributed by atoms with Crippen LogP contribution in [0.3, 0.4) is 0 Å². The average Bonchev–Trinajstić information content (AvgIpc) is 3.03. The number of fused-ring (bicyclic) bond motifs is 2. The molecule has 2 heterocycles. The van der Waals surface area contributed by atoms with Crippen molar-refractivity contribution >= 4 is 33.1 Å². The molecule has 1 saturated heterocycles. The van der Waals surface area contributed by atoms with Crippen molar-refractivity contribution < 1.29 is 22.7 Å².